The fraction of sp³-hybridized carbons (Fsp3) is 0.400. The van der Waals surface area contributed by atoms with Crippen LogP contribution in [0.2, 0.25) is 0 Å². The molecule has 0 heterocycles. The highest BCUT2D eigenvalue weighted by molar-refractivity contribution is 5.87. The van der Waals surface area contributed by atoms with Crippen LogP contribution in [0.5, 0.6) is 0 Å². The summed E-state index contributed by atoms with van der Waals surface area (Å²) in [6.07, 6.45) is 10.5. The van der Waals surface area contributed by atoms with E-state index in [1.165, 1.54) is 95.9 Å². The zero-order valence-corrected chi connectivity index (χ0v) is 24.7. The Morgan fingerprint density at radius 3 is 1.10 bits per heavy atom. The Bertz CT molecular complexity index is 1520. The molecule has 40 heavy (non-hydrogen) atoms. The van der Waals surface area contributed by atoms with Gasteiger partial charge in [0.05, 0.1) is 0 Å². The Kier molecular flexibility index (Phi) is 5.36. The Morgan fingerprint density at radius 2 is 0.750 bits per heavy atom. The third-order valence-corrected chi connectivity index (χ3v) is 11.3. The quantitative estimate of drug-likeness (QED) is 0.251. The fourth-order valence-electron chi connectivity index (χ4n) is 9.14. The van der Waals surface area contributed by atoms with Crippen molar-refractivity contribution in [3.63, 3.8) is 0 Å². The van der Waals surface area contributed by atoms with Gasteiger partial charge in [0.25, 0.3) is 0 Å². The molecule has 4 aromatic carbocycles. The predicted molar refractivity (Wildman–Crippen MR) is 169 cm³/mol. The second-order valence-corrected chi connectivity index (χ2v) is 14.0. The van der Waals surface area contributed by atoms with Crippen molar-refractivity contribution < 1.29 is 0 Å². The molecule has 0 heteroatoms. The largest absolute Gasteiger partial charge is 0.0587 e. The lowest BCUT2D eigenvalue weighted by molar-refractivity contribution is 0.548. The van der Waals surface area contributed by atoms with Gasteiger partial charge in [-0.3, -0.25) is 0 Å². The van der Waals surface area contributed by atoms with E-state index in [1.807, 2.05) is 0 Å². The van der Waals surface area contributed by atoms with Crippen LogP contribution < -0.4 is 0 Å². The van der Waals surface area contributed by atoms with E-state index in [1.54, 1.807) is 22.3 Å². The zero-order chi connectivity index (χ0) is 27.2. The first-order valence-electron chi connectivity index (χ1n) is 16.0. The van der Waals surface area contributed by atoms with E-state index in [9.17, 15) is 0 Å². The molecule has 202 valence electrons. The number of hydrogen-bond acceptors (Lipinski definition) is 0. The van der Waals surface area contributed by atoms with Crippen molar-refractivity contribution in [1.29, 1.82) is 0 Å². The van der Waals surface area contributed by atoms with E-state index >= 15 is 0 Å². The van der Waals surface area contributed by atoms with E-state index in [2.05, 4.69) is 100 Å². The maximum absolute atomic E-state index is 2.59. The van der Waals surface area contributed by atoms with Crippen molar-refractivity contribution in [1.82, 2.24) is 0 Å². The molecule has 2 fully saturated rings. The van der Waals surface area contributed by atoms with Gasteiger partial charge in [0.15, 0.2) is 0 Å². The summed E-state index contributed by atoms with van der Waals surface area (Å²) in [6.45, 7) is 9.32. The molecule has 0 unspecified atom stereocenters. The van der Waals surface area contributed by atoms with Crippen molar-refractivity contribution in [2.24, 2.45) is 0 Å². The summed E-state index contributed by atoms with van der Waals surface area (Å²) in [5, 5.41) is 0. The highest BCUT2D eigenvalue weighted by atomic mass is 14.5. The monoisotopic (exact) mass is 522 g/mol. The summed E-state index contributed by atoms with van der Waals surface area (Å²) in [5.41, 5.74) is 18.5. The highest BCUT2D eigenvalue weighted by Crippen LogP contribution is 2.60. The Hall–Kier alpha value is -3.12. The SMILES string of the molecule is CC(C)c1ccc2c(c1)C1(CCCC1)c1cc(-c3ccc4c(c3)C3(CCCC3)c3cc(C(C)C)ccc3-4)ccc1-2. The van der Waals surface area contributed by atoms with Crippen molar-refractivity contribution in [3.8, 4) is 33.4 Å². The highest BCUT2D eigenvalue weighted by Gasteiger charge is 2.47. The van der Waals surface area contributed by atoms with Gasteiger partial charge in [-0.1, -0.05) is 114 Å². The first kappa shape index (κ1) is 24.7. The summed E-state index contributed by atoms with van der Waals surface area (Å²) < 4.78 is 0. The van der Waals surface area contributed by atoms with Gasteiger partial charge in [0.1, 0.15) is 0 Å². The topological polar surface area (TPSA) is 0 Å². The number of rotatable bonds is 3. The van der Waals surface area contributed by atoms with Crippen LogP contribution in [-0.2, 0) is 10.8 Å². The standard InChI is InChI=1S/C40H42/c1-25(2)27-9-13-31-33-15-11-29(23-37(33)39(35(31)21-27)17-5-6-18-39)30-12-16-34-32-14-10-28(26(3)4)22-36(32)40(38(34)24-30)19-7-8-20-40/h9-16,21-26H,5-8,17-20H2,1-4H3. The van der Waals surface area contributed by atoms with E-state index in [0.717, 1.165) is 0 Å². The smallest absolute Gasteiger partial charge is 0.0215 e. The van der Waals surface area contributed by atoms with Crippen LogP contribution >= 0.6 is 0 Å². The molecular weight excluding hydrogens is 480 g/mol. The minimum atomic E-state index is 0.207. The molecule has 0 atom stereocenters. The fourth-order valence-corrected chi connectivity index (χ4v) is 9.14. The molecule has 0 nitrogen and oxygen atoms in total. The minimum Gasteiger partial charge on any atom is -0.0587 e. The zero-order valence-electron chi connectivity index (χ0n) is 24.7. The number of hydrogen-bond donors (Lipinski definition) is 0. The van der Waals surface area contributed by atoms with E-state index < -0.39 is 0 Å². The summed E-state index contributed by atoms with van der Waals surface area (Å²) in [7, 11) is 0. The molecule has 0 N–H and O–H groups in total. The Balaban J connectivity index is 1.26. The molecule has 0 radical (unpaired) electrons. The maximum atomic E-state index is 2.59. The van der Waals surface area contributed by atoms with Gasteiger partial charge in [-0.25, -0.2) is 0 Å². The molecule has 0 bridgehead atoms. The van der Waals surface area contributed by atoms with E-state index in [4.69, 9.17) is 0 Å². The van der Waals surface area contributed by atoms with Crippen LogP contribution in [0.25, 0.3) is 33.4 Å². The normalized spacial score (nSPS) is 19.1. The molecule has 0 aromatic heterocycles. The third kappa shape index (κ3) is 3.26. The maximum Gasteiger partial charge on any atom is 0.0215 e. The minimum absolute atomic E-state index is 0.207. The van der Waals surface area contributed by atoms with Crippen molar-refractivity contribution in [2.75, 3.05) is 0 Å². The second kappa shape index (κ2) is 8.69. The second-order valence-electron chi connectivity index (χ2n) is 14.0. The van der Waals surface area contributed by atoms with Gasteiger partial charge in [-0.2, -0.15) is 0 Å². The lowest BCUT2D eigenvalue weighted by Gasteiger charge is -2.28. The average Bonchev–Trinajstić information content (AvgIpc) is 3.76. The lowest BCUT2D eigenvalue weighted by Crippen LogP contribution is -2.21. The van der Waals surface area contributed by atoms with Gasteiger partial charge in [0, 0.05) is 10.8 Å². The van der Waals surface area contributed by atoms with Crippen LogP contribution in [0.1, 0.15) is 124 Å². The summed E-state index contributed by atoms with van der Waals surface area (Å²) in [6, 6.07) is 29.6. The summed E-state index contributed by atoms with van der Waals surface area (Å²) in [5.74, 6) is 1.14. The Morgan fingerprint density at radius 1 is 0.425 bits per heavy atom. The van der Waals surface area contributed by atoms with Crippen LogP contribution in [-0.4, -0.2) is 0 Å². The molecule has 2 spiro atoms. The molecule has 0 amide bonds. The average molecular weight is 523 g/mol. The van der Waals surface area contributed by atoms with Crippen LogP contribution in [0.3, 0.4) is 0 Å². The van der Waals surface area contributed by atoms with Gasteiger partial charge >= 0.3 is 0 Å². The van der Waals surface area contributed by atoms with Crippen LogP contribution in [0, 0.1) is 0 Å². The molecular formula is C40H42. The van der Waals surface area contributed by atoms with Gasteiger partial charge < -0.3 is 0 Å². The lowest BCUT2D eigenvalue weighted by atomic mass is 9.74. The van der Waals surface area contributed by atoms with Crippen LogP contribution in [0.15, 0.2) is 72.8 Å². The molecule has 0 saturated heterocycles. The summed E-state index contributed by atoms with van der Waals surface area (Å²) in [4.78, 5) is 0. The van der Waals surface area contributed by atoms with Crippen molar-refractivity contribution in [2.45, 2.75) is 102 Å². The number of fused-ring (bicyclic) bond motifs is 10. The van der Waals surface area contributed by atoms with Gasteiger partial charge in [-0.05, 0) is 116 Å². The molecule has 4 aliphatic rings. The first-order valence-corrected chi connectivity index (χ1v) is 16.0. The number of benzene rings is 4. The third-order valence-electron chi connectivity index (χ3n) is 11.3. The van der Waals surface area contributed by atoms with E-state index in [-0.39, 0.29) is 10.8 Å². The van der Waals surface area contributed by atoms with Gasteiger partial charge in [0.2, 0.25) is 0 Å². The van der Waals surface area contributed by atoms with Gasteiger partial charge in [-0.15, -0.1) is 0 Å². The molecule has 2 saturated carbocycles. The molecule has 0 aliphatic heterocycles. The Labute approximate surface area is 240 Å². The predicted octanol–water partition coefficient (Wildman–Crippen LogP) is 11.3. The summed E-state index contributed by atoms with van der Waals surface area (Å²) >= 11 is 0. The molecule has 4 aliphatic carbocycles. The van der Waals surface area contributed by atoms with E-state index in [0.29, 0.717) is 11.8 Å². The van der Waals surface area contributed by atoms with Crippen molar-refractivity contribution >= 4 is 0 Å². The van der Waals surface area contributed by atoms with Crippen LogP contribution in [0.4, 0.5) is 0 Å². The first-order chi connectivity index (χ1) is 19.4. The molecule has 8 rings (SSSR count). The van der Waals surface area contributed by atoms with Crippen molar-refractivity contribution in [3.05, 3.63) is 106 Å². The molecule has 4 aromatic rings.